The molecule has 0 radical (unpaired) electrons. The van der Waals surface area contributed by atoms with Crippen LogP contribution in [0.5, 0.6) is 0 Å². The Hall–Kier alpha value is -2.40. The summed E-state index contributed by atoms with van der Waals surface area (Å²) in [6.45, 7) is 0.700. The second-order valence-corrected chi connectivity index (χ2v) is 7.01. The van der Waals surface area contributed by atoms with Gasteiger partial charge in [0, 0.05) is 18.7 Å². The zero-order valence-electron chi connectivity index (χ0n) is 12.3. The van der Waals surface area contributed by atoms with Gasteiger partial charge in [-0.15, -0.1) is 4.40 Å². The van der Waals surface area contributed by atoms with Crippen molar-refractivity contribution in [1.82, 2.24) is 4.90 Å². The molecule has 1 fully saturated rings. The molecule has 1 atom stereocenters. The van der Waals surface area contributed by atoms with Crippen LogP contribution in [0.2, 0.25) is 0 Å². The summed E-state index contributed by atoms with van der Waals surface area (Å²) in [5.74, 6) is -0.417. The SMILES string of the molecule is N#CCOC(=O)[C@H]1CCCN(C2=NS(=O)(=O)c3ccccc32)C1. The Morgan fingerprint density at radius 1 is 1.43 bits per heavy atom. The fourth-order valence-corrected chi connectivity index (χ4v) is 4.13. The molecule has 0 unspecified atom stereocenters. The van der Waals surface area contributed by atoms with Crippen molar-refractivity contribution in [1.29, 1.82) is 5.26 Å². The molecule has 1 aromatic rings. The minimum atomic E-state index is -3.67. The van der Waals surface area contributed by atoms with Gasteiger partial charge in [-0.2, -0.15) is 13.7 Å². The normalized spacial score (nSPS) is 22.0. The van der Waals surface area contributed by atoms with Gasteiger partial charge in [0.25, 0.3) is 10.0 Å². The van der Waals surface area contributed by atoms with Crippen LogP contribution in [0, 0.1) is 17.2 Å². The second kappa shape index (κ2) is 6.01. The van der Waals surface area contributed by atoms with E-state index >= 15 is 0 Å². The van der Waals surface area contributed by atoms with Crippen LogP contribution in [-0.4, -0.2) is 44.8 Å². The molecule has 0 amide bonds. The van der Waals surface area contributed by atoms with E-state index in [-0.39, 0.29) is 17.4 Å². The molecular formula is C15H15N3O4S. The van der Waals surface area contributed by atoms with Crippen molar-refractivity contribution < 1.29 is 17.9 Å². The van der Waals surface area contributed by atoms with Crippen LogP contribution in [0.3, 0.4) is 0 Å². The number of sulfonamides is 1. The van der Waals surface area contributed by atoms with Gasteiger partial charge in [-0.25, -0.2) is 0 Å². The number of ether oxygens (including phenoxy) is 1. The number of benzene rings is 1. The maximum Gasteiger partial charge on any atom is 0.311 e. The number of nitriles is 1. The summed E-state index contributed by atoms with van der Waals surface area (Å²) in [5.41, 5.74) is 0.568. The fourth-order valence-electron chi connectivity index (χ4n) is 2.90. The lowest BCUT2D eigenvalue weighted by molar-refractivity contribution is -0.148. The van der Waals surface area contributed by atoms with Crippen molar-refractivity contribution >= 4 is 21.8 Å². The van der Waals surface area contributed by atoms with E-state index in [1.807, 2.05) is 4.90 Å². The predicted octanol–water partition coefficient (Wildman–Crippen LogP) is 0.914. The quantitative estimate of drug-likeness (QED) is 0.746. The third-order valence-corrected chi connectivity index (χ3v) is 5.27. The molecule has 0 saturated carbocycles. The van der Waals surface area contributed by atoms with Crippen LogP contribution >= 0.6 is 0 Å². The number of hydrogen-bond acceptors (Lipinski definition) is 6. The lowest BCUT2D eigenvalue weighted by Crippen LogP contribution is -2.42. The van der Waals surface area contributed by atoms with Gasteiger partial charge >= 0.3 is 5.97 Å². The van der Waals surface area contributed by atoms with E-state index in [0.29, 0.717) is 30.9 Å². The number of hydrogen-bond donors (Lipinski definition) is 0. The smallest absolute Gasteiger partial charge is 0.311 e. The van der Waals surface area contributed by atoms with Gasteiger partial charge in [0.2, 0.25) is 0 Å². The summed E-state index contributed by atoms with van der Waals surface area (Å²) >= 11 is 0. The average molecular weight is 333 g/mol. The van der Waals surface area contributed by atoms with Gasteiger partial charge in [-0.05, 0) is 25.0 Å². The Bertz CT molecular complexity index is 810. The standard InChI is InChI=1S/C15H15N3O4S/c16-7-9-22-15(19)11-4-3-8-18(10-11)14-12-5-1-2-6-13(12)23(20,21)17-14/h1-2,5-6,11H,3-4,8-10H2/t11-/m0/s1. The molecule has 2 aliphatic heterocycles. The Morgan fingerprint density at radius 3 is 3.00 bits per heavy atom. The van der Waals surface area contributed by atoms with E-state index in [2.05, 4.69) is 4.40 Å². The van der Waals surface area contributed by atoms with E-state index in [1.165, 1.54) is 6.07 Å². The molecule has 2 heterocycles. The van der Waals surface area contributed by atoms with E-state index in [1.54, 1.807) is 24.3 Å². The number of carbonyl (C=O) groups is 1. The van der Waals surface area contributed by atoms with Gasteiger partial charge in [0.05, 0.1) is 5.92 Å². The van der Waals surface area contributed by atoms with Crippen molar-refractivity contribution in [3.8, 4) is 6.07 Å². The third-order valence-electron chi connectivity index (χ3n) is 3.95. The van der Waals surface area contributed by atoms with Gasteiger partial charge in [-0.3, -0.25) is 4.79 Å². The molecule has 120 valence electrons. The Balaban J connectivity index is 1.83. The van der Waals surface area contributed by atoms with Gasteiger partial charge in [0.1, 0.15) is 11.0 Å². The molecule has 2 aliphatic rings. The first-order valence-corrected chi connectivity index (χ1v) is 8.70. The highest BCUT2D eigenvalue weighted by atomic mass is 32.2. The van der Waals surface area contributed by atoms with E-state index in [9.17, 15) is 13.2 Å². The fraction of sp³-hybridized carbons (Fsp3) is 0.400. The van der Waals surface area contributed by atoms with Crippen molar-refractivity contribution in [2.24, 2.45) is 10.3 Å². The van der Waals surface area contributed by atoms with Gasteiger partial charge < -0.3 is 9.64 Å². The Labute approximate surface area is 134 Å². The molecule has 0 aliphatic carbocycles. The predicted molar refractivity (Wildman–Crippen MR) is 81.0 cm³/mol. The van der Waals surface area contributed by atoms with Crippen LogP contribution in [0.15, 0.2) is 33.6 Å². The zero-order valence-corrected chi connectivity index (χ0v) is 13.1. The number of fused-ring (bicyclic) bond motifs is 1. The average Bonchev–Trinajstić information content (AvgIpc) is 2.85. The number of nitrogens with zero attached hydrogens (tertiary/aromatic N) is 3. The van der Waals surface area contributed by atoms with Crippen molar-refractivity contribution in [2.45, 2.75) is 17.7 Å². The minimum absolute atomic E-state index is 0.198. The zero-order chi connectivity index (χ0) is 16.4. The van der Waals surface area contributed by atoms with Crippen LogP contribution in [-0.2, 0) is 19.6 Å². The number of likely N-dealkylation sites (tertiary alicyclic amines) is 1. The van der Waals surface area contributed by atoms with E-state index in [0.717, 1.165) is 6.42 Å². The number of carbonyl (C=O) groups excluding carboxylic acids is 1. The number of esters is 1. The highest BCUT2D eigenvalue weighted by Gasteiger charge is 2.35. The monoisotopic (exact) mass is 333 g/mol. The summed E-state index contributed by atoms with van der Waals surface area (Å²) in [6, 6.07) is 8.44. The lowest BCUT2D eigenvalue weighted by Gasteiger charge is -2.32. The number of rotatable bonds is 2. The first-order chi connectivity index (χ1) is 11.0. The first kappa shape index (κ1) is 15.5. The molecular weight excluding hydrogens is 318 g/mol. The van der Waals surface area contributed by atoms with Crippen molar-refractivity contribution in [2.75, 3.05) is 19.7 Å². The summed E-state index contributed by atoms with van der Waals surface area (Å²) in [5, 5.41) is 8.48. The highest BCUT2D eigenvalue weighted by molar-refractivity contribution is 7.90. The summed E-state index contributed by atoms with van der Waals surface area (Å²) < 4.78 is 33.0. The van der Waals surface area contributed by atoms with Gasteiger partial charge in [-0.1, -0.05) is 12.1 Å². The van der Waals surface area contributed by atoms with Crippen LogP contribution in [0.1, 0.15) is 18.4 Å². The largest absolute Gasteiger partial charge is 0.450 e. The van der Waals surface area contributed by atoms with Crippen LogP contribution in [0.4, 0.5) is 0 Å². The molecule has 1 saturated heterocycles. The molecule has 23 heavy (non-hydrogen) atoms. The number of piperidine rings is 1. The molecule has 0 spiro atoms. The van der Waals surface area contributed by atoms with Crippen molar-refractivity contribution in [3.05, 3.63) is 29.8 Å². The Kier molecular flexibility index (Phi) is 4.05. The maximum atomic E-state index is 12.1. The van der Waals surface area contributed by atoms with E-state index < -0.39 is 16.0 Å². The molecule has 1 aromatic carbocycles. The Morgan fingerprint density at radius 2 is 2.22 bits per heavy atom. The molecule has 0 bridgehead atoms. The third kappa shape index (κ3) is 2.92. The van der Waals surface area contributed by atoms with Gasteiger partial charge in [0.15, 0.2) is 12.4 Å². The second-order valence-electron chi connectivity index (χ2n) is 5.44. The van der Waals surface area contributed by atoms with Crippen LogP contribution in [0.25, 0.3) is 0 Å². The van der Waals surface area contributed by atoms with E-state index in [4.69, 9.17) is 10.00 Å². The highest BCUT2D eigenvalue weighted by Crippen LogP contribution is 2.29. The molecule has 0 aromatic heterocycles. The molecule has 0 N–H and O–H groups in total. The first-order valence-electron chi connectivity index (χ1n) is 7.26. The van der Waals surface area contributed by atoms with Crippen molar-refractivity contribution in [3.63, 3.8) is 0 Å². The molecule has 8 heteroatoms. The lowest BCUT2D eigenvalue weighted by atomic mass is 9.97. The summed E-state index contributed by atoms with van der Waals surface area (Å²) in [7, 11) is -3.67. The molecule has 3 rings (SSSR count). The minimum Gasteiger partial charge on any atom is -0.450 e. The topological polar surface area (TPSA) is 99.8 Å². The summed E-state index contributed by atoms with van der Waals surface area (Å²) in [4.78, 5) is 13.9. The summed E-state index contributed by atoms with van der Waals surface area (Å²) in [6.07, 6.45) is 1.38. The molecule has 7 nitrogen and oxygen atoms in total. The maximum absolute atomic E-state index is 12.1. The number of amidine groups is 1. The van der Waals surface area contributed by atoms with Crippen LogP contribution < -0.4 is 0 Å².